The molecule has 0 aliphatic carbocycles. The topological polar surface area (TPSA) is 58.6 Å². The molecule has 1 N–H and O–H groups in total. The highest BCUT2D eigenvalue weighted by molar-refractivity contribution is 7.89. The van der Waals surface area contributed by atoms with Crippen LogP contribution >= 0.6 is 0 Å². The first-order valence-electron chi connectivity index (χ1n) is 6.86. The van der Waals surface area contributed by atoms with Crippen molar-refractivity contribution < 1.29 is 13.2 Å². The highest BCUT2D eigenvalue weighted by Gasteiger charge is 2.28. The first-order chi connectivity index (χ1) is 8.60. The van der Waals surface area contributed by atoms with Crippen LogP contribution in [0.3, 0.4) is 0 Å². The van der Waals surface area contributed by atoms with Gasteiger partial charge in [0.15, 0.2) is 0 Å². The van der Waals surface area contributed by atoms with Gasteiger partial charge in [0.2, 0.25) is 10.0 Å². The molecule has 1 heterocycles. The molecule has 1 rings (SSSR count). The average molecular weight is 278 g/mol. The van der Waals surface area contributed by atoms with E-state index in [1.807, 2.05) is 6.92 Å². The minimum atomic E-state index is -3.13. The van der Waals surface area contributed by atoms with E-state index in [4.69, 9.17) is 4.74 Å². The summed E-state index contributed by atoms with van der Waals surface area (Å²) in [4.78, 5) is 0. The molecule has 0 radical (unpaired) electrons. The summed E-state index contributed by atoms with van der Waals surface area (Å²) in [6.07, 6.45) is 2.08. The molecule has 5 nitrogen and oxygen atoms in total. The van der Waals surface area contributed by atoms with Gasteiger partial charge in [-0.3, -0.25) is 0 Å². The smallest absolute Gasteiger partial charge is 0.216 e. The second-order valence-corrected chi connectivity index (χ2v) is 6.78. The van der Waals surface area contributed by atoms with Crippen LogP contribution in [0.25, 0.3) is 0 Å². The number of piperidine rings is 1. The first-order valence-corrected chi connectivity index (χ1v) is 8.47. The van der Waals surface area contributed by atoms with Gasteiger partial charge in [0.25, 0.3) is 0 Å². The molecule has 0 aromatic carbocycles. The van der Waals surface area contributed by atoms with Gasteiger partial charge in [-0.05, 0) is 38.8 Å². The van der Waals surface area contributed by atoms with E-state index in [0.717, 1.165) is 25.9 Å². The van der Waals surface area contributed by atoms with Crippen LogP contribution in [0, 0.1) is 5.92 Å². The van der Waals surface area contributed by atoms with E-state index in [1.54, 1.807) is 4.31 Å². The Bertz CT molecular complexity index is 319. The van der Waals surface area contributed by atoms with Crippen molar-refractivity contribution in [3.63, 3.8) is 0 Å². The summed E-state index contributed by atoms with van der Waals surface area (Å²) in [5, 5.41) is 3.30. The highest BCUT2D eigenvalue weighted by atomic mass is 32.2. The van der Waals surface area contributed by atoms with Crippen molar-refractivity contribution in [3.05, 3.63) is 0 Å². The lowest BCUT2D eigenvalue weighted by molar-refractivity contribution is 0.161. The number of hydrogen-bond acceptors (Lipinski definition) is 4. The van der Waals surface area contributed by atoms with Gasteiger partial charge in [0, 0.05) is 19.7 Å². The molecule has 1 atom stereocenters. The van der Waals surface area contributed by atoms with Gasteiger partial charge in [-0.25, -0.2) is 12.7 Å². The molecule has 1 aliphatic rings. The Labute approximate surface area is 111 Å². The largest absolute Gasteiger partial charge is 0.381 e. The molecule has 1 unspecified atom stereocenters. The summed E-state index contributed by atoms with van der Waals surface area (Å²) in [7, 11) is -3.13. The van der Waals surface area contributed by atoms with Gasteiger partial charge >= 0.3 is 0 Å². The summed E-state index contributed by atoms with van der Waals surface area (Å²) >= 11 is 0. The monoisotopic (exact) mass is 278 g/mol. The van der Waals surface area contributed by atoms with Gasteiger partial charge in [-0.15, -0.1) is 0 Å². The van der Waals surface area contributed by atoms with Crippen molar-refractivity contribution in [2.24, 2.45) is 5.92 Å². The molecular formula is C12H26N2O3S. The molecule has 1 aliphatic heterocycles. The molecule has 108 valence electrons. The van der Waals surface area contributed by atoms with Crippen molar-refractivity contribution in [1.82, 2.24) is 9.62 Å². The van der Waals surface area contributed by atoms with Crippen LogP contribution in [0.4, 0.5) is 0 Å². The van der Waals surface area contributed by atoms with E-state index >= 15 is 0 Å². The Kier molecular flexibility index (Phi) is 7.14. The van der Waals surface area contributed by atoms with E-state index in [9.17, 15) is 8.42 Å². The fourth-order valence-corrected chi connectivity index (χ4v) is 3.66. The Balaban J connectivity index is 2.43. The second kappa shape index (κ2) is 8.09. The van der Waals surface area contributed by atoms with Crippen LogP contribution in [0.15, 0.2) is 0 Å². The zero-order valence-electron chi connectivity index (χ0n) is 11.5. The van der Waals surface area contributed by atoms with Crippen molar-refractivity contribution in [1.29, 1.82) is 0 Å². The van der Waals surface area contributed by atoms with Crippen molar-refractivity contribution >= 4 is 10.0 Å². The summed E-state index contributed by atoms with van der Waals surface area (Å²) in [6.45, 7) is 7.98. The molecule has 1 saturated heterocycles. The van der Waals surface area contributed by atoms with E-state index in [-0.39, 0.29) is 5.75 Å². The lowest BCUT2D eigenvalue weighted by atomic mass is 10.00. The average Bonchev–Trinajstić information content (AvgIpc) is 2.37. The van der Waals surface area contributed by atoms with Crippen LogP contribution in [0.1, 0.15) is 26.7 Å². The number of nitrogens with one attached hydrogen (secondary N) is 1. The highest BCUT2D eigenvalue weighted by Crippen LogP contribution is 2.18. The molecule has 0 saturated carbocycles. The minimum Gasteiger partial charge on any atom is -0.381 e. The third-order valence-corrected chi connectivity index (χ3v) is 5.05. The van der Waals surface area contributed by atoms with Crippen LogP contribution < -0.4 is 5.32 Å². The molecule has 0 spiro atoms. The molecule has 0 bridgehead atoms. The number of ether oxygens (including phenoxy) is 1. The lowest BCUT2D eigenvalue weighted by Gasteiger charge is -2.32. The lowest BCUT2D eigenvalue weighted by Crippen LogP contribution is -2.44. The normalized spacial score (nSPS) is 22.2. The Morgan fingerprint density at radius 3 is 2.83 bits per heavy atom. The van der Waals surface area contributed by atoms with Crippen LogP contribution in [-0.2, 0) is 14.8 Å². The molecule has 18 heavy (non-hydrogen) atoms. The summed E-state index contributed by atoms with van der Waals surface area (Å²) in [5.41, 5.74) is 0. The van der Waals surface area contributed by atoms with Gasteiger partial charge in [-0.1, -0.05) is 6.92 Å². The molecular weight excluding hydrogens is 252 g/mol. The first kappa shape index (κ1) is 15.9. The van der Waals surface area contributed by atoms with Crippen molar-refractivity contribution in [2.45, 2.75) is 26.7 Å². The molecule has 1 fully saturated rings. The molecule has 0 aromatic rings. The second-order valence-electron chi connectivity index (χ2n) is 4.69. The van der Waals surface area contributed by atoms with E-state index in [1.165, 1.54) is 0 Å². The maximum absolute atomic E-state index is 12.1. The molecule has 0 aromatic heterocycles. The van der Waals surface area contributed by atoms with E-state index in [2.05, 4.69) is 12.2 Å². The standard InChI is InChI=1S/C12H26N2O3S/c1-3-13-10-12-6-5-7-14(11-12)18(15,16)9-8-17-4-2/h12-13H,3-11H2,1-2H3. The zero-order valence-corrected chi connectivity index (χ0v) is 12.3. The third-order valence-electron chi connectivity index (χ3n) is 3.25. The van der Waals surface area contributed by atoms with Crippen molar-refractivity contribution in [3.8, 4) is 0 Å². The zero-order chi connectivity index (χ0) is 13.4. The maximum atomic E-state index is 12.1. The summed E-state index contributed by atoms with van der Waals surface area (Å²) < 4.78 is 31.0. The fourth-order valence-electron chi connectivity index (χ4n) is 2.23. The molecule has 6 heteroatoms. The van der Waals surface area contributed by atoms with Gasteiger partial charge in [0.1, 0.15) is 0 Å². The predicted octanol–water partition coefficient (Wildman–Crippen LogP) is 0.674. The van der Waals surface area contributed by atoms with Crippen LogP contribution in [0.5, 0.6) is 0 Å². The number of nitrogens with zero attached hydrogens (tertiary/aromatic N) is 1. The summed E-state index contributed by atoms with van der Waals surface area (Å²) in [6, 6.07) is 0. The molecule has 0 amide bonds. The Morgan fingerprint density at radius 2 is 2.17 bits per heavy atom. The summed E-state index contributed by atoms with van der Waals surface area (Å²) in [5.74, 6) is 0.551. The number of hydrogen-bond donors (Lipinski definition) is 1. The quantitative estimate of drug-likeness (QED) is 0.663. The van der Waals surface area contributed by atoms with E-state index < -0.39 is 10.0 Å². The fraction of sp³-hybridized carbons (Fsp3) is 1.00. The van der Waals surface area contributed by atoms with E-state index in [0.29, 0.717) is 32.2 Å². The predicted molar refractivity (Wildman–Crippen MR) is 73.1 cm³/mol. The Hall–Kier alpha value is -0.170. The SMILES string of the molecule is CCNCC1CCCN(S(=O)(=O)CCOCC)C1. The van der Waals surface area contributed by atoms with Gasteiger partial charge in [-0.2, -0.15) is 0 Å². The minimum absolute atomic E-state index is 0.106. The number of sulfonamides is 1. The van der Waals surface area contributed by atoms with Gasteiger partial charge < -0.3 is 10.1 Å². The number of rotatable bonds is 8. The third kappa shape index (κ3) is 5.22. The van der Waals surface area contributed by atoms with Crippen LogP contribution in [0.2, 0.25) is 0 Å². The Morgan fingerprint density at radius 1 is 1.39 bits per heavy atom. The van der Waals surface area contributed by atoms with Crippen molar-refractivity contribution in [2.75, 3.05) is 45.1 Å². The van der Waals surface area contributed by atoms with Gasteiger partial charge in [0.05, 0.1) is 12.4 Å². The maximum Gasteiger partial charge on any atom is 0.216 e. The van der Waals surface area contributed by atoms with Crippen LogP contribution in [-0.4, -0.2) is 57.9 Å².